The smallest absolute Gasteiger partial charge is 0.267 e. The van der Waals surface area contributed by atoms with Gasteiger partial charge in [0.2, 0.25) is 6.10 Å². The monoisotopic (exact) mass is 341 g/mol. The zero-order valence-corrected chi connectivity index (χ0v) is 14.8. The molecule has 2 unspecified atom stereocenters. The zero-order valence-electron chi connectivity index (χ0n) is 14.8. The van der Waals surface area contributed by atoms with Crippen LogP contribution in [0.3, 0.4) is 0 Å². The van der Waals surface area contributed by atoms with Gasteiger partial charge in [-0.25, -0.2) is 0 Å². The number of carbonyl (C=O) groups is 1. The molecule has 1 aliphatic heterocycles. The lowest BCUT2D eigenvalue weighted by Crippen LogP contribution is -2.49. The van der Waals surface area contributed by atoms with Gasteiger partial charge in [-0.05, 0) is 43.7 Å². The van der Waals surface area contributed by atoms with Crippen LogP contribution in [0.25, 0.3) is 0 Å². The van der Waals surface area contributed by atoms with Crippen LogP contribution in [0.2, 0.25) is 0 Å². The second-order valence-corrected chi connectivity index (χ2v) is 6.08. The van der Waals surface area contributed by atoms with Gasteiger partial charge >= 0.3 is 0 Å². The number of carbonyl (C=O) groups excluding carboxylic acids is 1. The van der Waals surface area contributed by atoms with Gasteiger partial charge < -0.3 is 19.1 Å². The molecule has 1 aliphatic rings. The average Bonchev–Trinajstić information content (AvgIpc) is 2.62. The first-order valence-electron chi connectivity index (χ1n) is 8.47. The van der Waals surface area contributed by atoms with Crippen LogP contribution in [0.1, 0.15) is 19.4 Å². The van der Waals surface area contributed by atoms with Crippen LogP contribution in [-0.2, 0) is 11.3 Å². The molecule has 1 heterocycles. The van der Waals surface area contributed by atoms with E-state index in [4.69, 9.17) is 14.2 Å². The molecule has 2 atom stereocenters. The van der Waals surface area contributed by atoms with E-state index in [9.17, 15) is 4.79 Å². The number of ether oxygens (including phenoxy) is 3. The summed E-state index contributed by atoms with van der Waals surface area (Å²) in [5, 5.41) is 0. The highest BCUT2D eigenvalue weighted by atomic mass is 16.6. The molecular formula is C20H23NO4. The summed E-state index contributed by atoms with van der Waals surface area (Å²) in [5.41, 5.74) is 1.03. The van der Waals surface area contributed by atoms with Gasteiger partial charge in [0.05, 0.1) is 6.61 Å². The van der Waals surface area contributed by atoms with Crippen molar-refractivity contribution < 1.29 is 19.0 Å². The molecular weight excluding hydrogens is 318 g/mol. The fraction of sp³-hybridized carbons (Fsp3) is 0.350. The van der Waals surface area contributed by atoms with E-state index in [0.29, 0.717) is 24.7 Å². The van der Waals surface area contributed by atoms with Gasteiger partial charge in [0.25, 0.3) is 5.91 Å². The third kappa shape index (κ3) is 3.87. The maximum absolute atomic E-state index is 12.8. The van der Waals surface area contributed by atoms with Crippen LogP contribution in [0, 0.1) is 0 Å². The van der Waals surface area contributed by atoms with E-state index in [2.05, 4.69) is 0 Å². The first-order valence-corrected chi connectivity index (χ1v) is 8.47. The molecule has 132 valence electrons. The predicted octanol–water partition coefficient (Wildman–Crippen LogP) is 3.27. The van der Waals surface area contributed by atoms with E-state index in [1.54, 1.807) is 11.9 Å². The highest BCUT2D eigenvalue weighted by Gasteiger charge is 2.35. The van der Waals surface area contributed by atoms with Crippen molar-refractivity contribution in [2.24, 2.45) is 0 Å². The zero-order chi connectivity index (χ0) is 17.8. The molecule has 0 aromatic heterocycles. The molecule has 0 radical (unpaired) electrons. The molecule has 2 aromatic rings. The SMILES string of the molecule is CCOc1ccc(CN(C)C(=O)C2Oc3ccccc3OC2C)cc1. The molecule has 0 fully saturated rings. The molecule has 0 bridgehead atoms. The van der Waals surface area contributed by atoms with Crippen molar-refractivity contribution in [1.29, 1.82) is 0 Å². The standard InChI is InChI=1S/C20H23NO4/c1-4-23-16-11-9-15(10-12-16)13-21(3)20(22)19-14(2)24-17-7-5-6-8-18(17)25-19/h5-12,14,19H,4,13H2,1-3H3. The van der Waals surface area contributed by atoms with Gasteiger partial charge in [-0.3, -0.25) is 4.79 Å². The van der Waals surface area contributed by atoms with Gasteiger partial charge in [0, 0.05) is 13.6 Å². The first kappa shape index (κ1) is 17.1. The molecule has 0 aliphatic carbocycles. The summed E-state index contributed by atoms with van der Waals surface area (Å²) in [7, 11) is 1.77. The Morgan fingerprint density at radius 2 is 1.72 bits per heavy atom. The highest BCUT2D eigenvalue weighted by molar-refractivity contribution is 5.82. The number of para-hydroxylation sites is 2. The number of hydrogen-bond acceptors (Lipinski definition) is 4. The molecule has 0 spiro atoms. The summed E-state index contributed by atoms with van der Waals surface area (Å²) in [6, 6.07) is 15.2. The quantitative estimate of drug-likeness (QED) is 0.837. The van der Waals surface area contributed by atoms with Gasteiger partial charge in [0.1, 0.15) is 11.9 Å². The Balaban J connectivity index is 1.66. The second-order valence-electron chi connectivity index (χ2n) is 6.08. The van der Waals surface area contributed by atoms with Crippen LogP contribution in [0.4, 0.5) is 0 Å². The maximum atomic E-state index is 12.8. The van der Waals surface area contributed by atoms with E-state index in [1.165, 1.54) is 0 Å². The summed E-state index contributed by atoms with van der Waals surface area (Å²) in [6.07, 6.45) is -0.993. The lowest BCUT2D eigenvalue weighted by Gasteiger charge is -2.33. The average molecular weight is 341 g/mol. The third-order valence-electron chi connectivity index (χ3n) is 4.12. The summed E-state index contributed by atoms with van der Waals surface area (Å²) >= 11 is 0. The number of likely N-dealkylation sites (N-methyl/N-ethyl adjacent to an activating group) is 1. The van der Waals surface area contributed by atoms with Crippen molar-refractivity contribution in [1.82, 2.24) is 4.90 Å². The minimum absolute atomic E-state index is 0.101. The van der Waals surface area contributed by atoms with Crippen LogP contribution in [0.5, 0.6) is 17.2 Å². The molecule has 0 saturated heterocycles. The number of amides is 1. The van der Waals surface area contributed by atoms with Crippen molar-refractivity contribution in [3.8, 4) is 17.2 Å². The number of benzene rings is 2. The van der Waals surface area contributed by atoms with Crippen LogP contribution in [0.15, 0.2) is 48.5 Å². The fourth-order valence-electron chi connectivity index (χ4n) is 2.82. The molecule has 2 aromatic carbocycles. The third-order valence-corrected chi connectivity index (χ3v) is 4.12. The molecule has 0 saturated carbocycles. The molecule has 1 amide bonds. The lowest BCUT2D eigenvalue weighted by molar-refractivity contribution is -0.143. The number of hydrogen-bond donors (Lipinski definition) is 0. The van der Waals surface area contributed by atoms with E-state index < -0.39 is 6.10 Å². The fourth-order valence-corrected chi connectivity index (χ4v) is 2.82. The largest absolute Gasteiger partial charge is 0.494 e. The van der Waals surface area contributed by atoms with E-state index in [-0.39, 0.29) is 12.0 Å². The Morgan fingerprint density at radius 1 is 1.08 bits per heavy atom. The van der Waals surface area contributed by atoms with E-state index in [0.717, 1.165) is 11.3 Å². The van der Waals surface area contributed by atoms with Crippen molar-refractivity contribution in [3.05, 3.63) is 54.1 Å². The Bertz CT molecular complexity index is 729. The number of rotatable bonds is 5. The Labute approximate surface area is 148 Å². The summed E-state index contributed by atoms with van der Waals surface area (Å²) in [6.45, 7) is 4.94. The Kier molecular flexibility index (Phi) is 5.12. The van der Waals surface area contributed by atoms with Crippen molar-refractivity contribution in [2.75, 3.05) is 13.7 Å². The Hall–Kier alpha value is -2.69. The van der Waals surface area contributed by atoms with Gasteiger partial charge in [-0.15, -0.1) is 0 Å². The summed E-state index contributed by atoms with van der Waals surface area (Å²) in [5.74, 6) is 2.01. The molecule has 5 nitrogen and oxygen atoms in total. The lowest BCUT2D eigenvalue weighted by atomic mass is 10.1. The predicted molar refractivity (Wildman–Crippen MR) is 95.0 cm³/mol. The minimum Gasteiger partial charge on any atom is -0.494 e. The minimum atomic E-state index is -0.650. The van der Waals surface area contributed by atoms with Crippen molar-refractivity contribution in [2.45, 2.75) is 32.6 Å². The molecule has 0 N–H and O–H groups in total. The molecule has 3 rings (SSSR count). The number of fused-ring (bicyclic) bond motifs is 1. The van der Waals surface area contributed by atoms with Crippen LogP contribution < -0.4 is 14.2 Å². The highest BCUT2D eigenvalue weighted by Crippen LogP contribution is 2.33. The molecule has 5 heteroatoms. The van der Waals surface area contributed by atoms with Crippen LogP contribution in [-0.4, -0.2) is 36.7 Å². The maximum Gasteiger partial charge on any atom is 0.267 e. The van der Waals surface area contributed by atoms with Gasteiger partial charge in [-0.1, -0.05) is 24.3 Å². The van der Waals surface area contributed by atoms with Crippen molar-refractivity contribution >= 4 is 5.91 Å². The van der Waals surface area contributed by atoms with E-state index >= 15 is 0 Å². The van der Waals surface area contributed by atoms with Gasteiger partial charge in [0.15, 0.2) is 11.5 Å². The second kappa shape index (κ2) is 7.47. The molecule has 25 heavy (non-hydrogen) atoms. The topological polar surface area (TPSA) is 48.0 Å². The van der Waals surface area contributed by atoms with Crippen LogP contribution >= 0.6 is 0 Å². The normalized spacial score (nSPS) is 18.5. The first-order chi connectivity index (χ1) is 12.1. The van der Waals surface area contributed by atoms with E-state index in [1.807, 2.05) is 62.4 Å². The summed E-state index contributed by atoms with van der Waals surface area (Å²) < 4.78 is 17.1. The number of nitrogens with zero attached hydrogens (tertiary/aromatic N) is 1. The summed E-state index contributed by atoms with van der Waals surface area (Å²) in [4.78, 5) is 14.4. The van der Waals surface area contributed by atoms with Crippen molar-refractivity contribution in [3.63, 3.8) is 0 Å². The van der Waals surface area contributed by atoms with Gasteiger partial charge in [-0.2, -0.15) is 0 Å². The Morgan fingerprint density at radius 3 is 2.36 bits per heavy atom.